The van der Waals surface area contributed by atoms with Crippen LogP contribution < -0.4 is 16.0 Å². The highest BCUT2D eigenvalue weighted by atomic mass is 35.5. The zero-order chi connectivity index (χ0) is 21.6. The first-order valence-electron chi connectivity index (χ1n) is 10.7. The SMILES string of the molecule is CCNC(=NCCC(=O)Nc1cccc(Cl)c1C)NC(C)CCCN(CC)CC. The summed E-state index contributed by atoms with van der Waals surface area (Å²) >= 11 is 6.10. The highest BCUT2D eigenvalue weighted by Crippen LogP contribution is 2.22. The molecule has 164 valence electrons. The number of carbonyl (C=O) groups is 1. The number of amides is 1. The molecule has 0 bridgehead atoms. The van der Waals surface area contributed by atoms with E-state index in [4.69, 9.17) is 11.6 Å². The first-order chi connectivity index (χ1) is 13.9. The molecule has 7 heteroatoms. The first kappa shape index (κ1) is 25.2. The van der Waals surface area contributed by atoms with Gasteiger partial charge in [0, 0.05) is 29.7 Å². The minimum atomic E-state index is -0.0674. The van der Waals surface area contributed by atoms with E-state index in [0.29, 0.717) is 24.0 Å². The molecule has 0 aliphatic carbocycles. The predicted octanol–water partition coefficient (Wildman–Crippen LogP) is 4.04. The molecular weight excluding hydrogens is 386 g/mol. The van der Waals surface area contributed by atoms with Crippen LogP contribution in [0.1, 0.15) is 52.5 Å². The van der Waals surface area contributed by atoms with Crippen molar-refractivity contribution in [2.24, 2.45) is 4.99 Å². The number of hydrogen-bond donors (Lipinski definition) is 3. The van der Waals surface area contributed by atoms with Crippen molar-refractivity contribution in [2.45, 2.75) is 59.9 Å². The highest BCUT2D eigenvalue weighted by Gasteiger charge is 2.09. The van der Waals surface area contributed by atoms with Crippen LogP contribution in [0.15, 0.2) is 23.2 Å². The van der Waals surface area contributed by atoms with Crippen molar-refractivity contribution in [1.29, 1.82) is 0 Å². The molecule has 0 saturated heterocycles. The molecule has 0 spiro atoms. The summed E-state index contributed by atoms with van der Waals surface area (Å²) < 4.78 is 0. The molecular formula is C22H38ClN5O. The van der Waals surface area contributed by atoms with Gasteiger partial charge in [-0.3, -0.25) is 9.79 Å². The second kappa shape index (κ2) is 14.2. The van der Waals surface area contributed by atoms with Crippen molar-refractivity contribution in [1.82, 2.24) is 15.5 Å². The Hall–Kier alpha value is -1.79. The molecule has 1 amide bonds. The Bertz CT molecular complexity index is 646. The molecule has 0 aliphatic heterocycles. The molecule has 1 aromatic carbocycles. The fraction of sp³-hybridized carbons (Fsp3) is 0.636. The lowest BCUT2D eigenvalue weighted by Gasteiger charge is -2.21. The average molecular weight is 424 g/mol. The van der Waals surface area contributed by atoms with Crippen LogP contribution in [0.25, 0.3) is 0 Å². The summed E-state index contributed by atoms with van der Waals surface area (Å²) in [5, 5.41) is 10.2. The second-order valence-electron chi connectivity index (χ2n) is 7.19. The number of nitrogens with one attached hydrogen (secondary N) is 3. The van der Waals surface area contributed by atoms with Gasteiger partial charge in [0.15, 0.2) is 5.96 Å². The van der Waals surface area contributed by atoms with Crippen LogP contribution in [0.4, 0.5) is 5.69 Å². The Labute approximate surface area is 181 Å². The van der Waals surface area contributed by atoms with Gasteiger partial charge in [-0.05, 0) is 70.9 Å². The predicted molar refractivity (Wildman–Crippen MR) is 125 cm³/mol. The lowest BCUT2D eigenvalue weighted by molar-refractivity contribution is -0.116. The standard InChI is InChI=1S/C22H38ClN5O/c1-6-24-22(26-17(4)11-10-16-28(7-2)8-3)25-15-14-21(29)27-20-13-9-12-19(23)18(20)5/h9,12-13,17H,6-8,10-11,14-16H2,1-5H3,(H,27,29)(H2,24,25,26). The van der Waals surface area contributed by atoms with E-state index in [1.54, 1.807) is 0 Å². The van der Waals surface area contributed by atoms with Gasteiger partial charge in [-0.15, -0.1) is 0 Å². The summed E-state index contributed by atoms with van der Waals surface area (Å²) in [5.41, 5.74) is 1.62. The zero-order valence-corrected chi connectivity index (χ0v) is 19.4. The summed E-state index contributed by atoms with van der Waals surface area (Å²) in [7, 11) is 0. The van der Waals surface area contributed by atoms with Gasteiger partial charge in [0.2, 0.25) is 5.91 Å². The zero-order valence-electron chi connectivity index (χ0n) is 18.6. The molecule has 0 radical (unpaired) electrons. The quantitative estimate of drug-likeness (QED) is 0.350. The Morgan fingerprint density at radius 1 is 1.24 bits per heavy atom. The van der Waals surface area contributed by atoms with Crippen molar-refractivity contribution < 1.29 is 4.79 Å². The first-order valence-corrected chi connectivity index (χ1v) is 11.1. The van der Waals surface area contributed by atoms with Crippen molar-refractivity contribution >= 4 is 29.2 Å². The largest absolute Gasteiger partial charge is 0.357 e. The third kappa shape index (κ3) is 9.99. The van der Waals surface area contributed by atoms with Crippen molar-refractivity contribution in [3.8, 4) is 0 Å². The number of nitrogens with zero attached hydrogens (tertiary/aromatic N) is 2. The van der Waals surface area contributed by atoms with Gasteiger partial charge in [-0.25, -0.2) is 0 Å². The number of halogens is 1. The van der Waals surface area contributed by atoms with E-state index in [0.717, 1.165) is 56.2 Å². The van der Waals surface area contributed by atoms with Crippen LogP contribution in [0, 0.1) is 6.92 Å². The second-order valence-corrected chi connectivity index (χ2v) is 7.59. The smallest absolute Gasteiger partial charge is 0.226 e. The molecule has 0 fully saturated rings. The van der Waals surface area contributed by atoms with Crippen LogP contribution in [0.5, 0.6) is 0 Å². The number of carbonyl (C=O) groups excluding carboxylic acids is 1. The number of benzene rings is 1. The van der Waals surface area contributed by atoms with E-state index >= 15 is 0 Å². The molecule has 1 aromatic rings. The van der Waals surface area contributed by atoms with Gasteiger partial charge in [0.05, 0.1) is 6.54 Å². The summed E-state index contributed by atoms with van der Waals surface area (Å²) in [4.78, 5) is 19.2. The molecule has 0 aliphatic rings. The van der Waals surface area contributed by atoms with Crippen LogP contribution >= 0.6 is 11.6 Å². The molecule has 0 saturated carbocycles. The van der Waals surface area contributed by atoms with Crippen LogP contribution in [0.3, 0.4) is 0 Å². The summed E-state index contributed by atoms with van der Waals surface area (Å²) in [6.07, 6.45) is 2.55. The Kier molecular flexibility index (Phi) is 12.4. The number of rotatable bonds is 12. The molecule has 3 N–H and O–H groups in total. The van der Waals surface area contributed by atoms with E-state index in [1.807, 2.05) is 32.0 Å². The van der Waals surface area contributed by atoms with E-state index in [2.05, 4.69) is 46.6 Å². The summed E-state index contributed by atoms with van der Waals surface area (Å²) in [6.45, 7) is 15.0. The molecule has 0 aromatic heterocycles. The van der Waals surface area contributed by atoms with E-state index in [9.17, 15) is 4.79 Å². The fourth-order valence-corrected chi connectivity index (χ4v) is 3.19. The molecule has 0 heterocycles. The monoisotopic (exact) mass is 423 g/mol. The van der Waals surface area contributed by atoms with Crippen LogP contribution in [0.2, 0.25) is 5.02 Å². The minimum absolute atomic E-state index is 0.0674. The van der Waals surface area contributed by atoms with E-state index < -0.39 is 0 Å². The van der Waals surface area contributed by atoms with Crippen molar-refractivity contribution in [2.75, 3.05) is 38.0 Å². The fourth-order valence-electron chi connectivity index (χ4n) is 3.01. The van der Waals surface area contributed by atoms with Crippen LogP contribution in [-0.2, 0) is 4.79 Å². The maximum atomic E-state index is 12.2. The third-order valence-electron chi connectivity index (χ3n) is 4.88. The Balaban J connectivity index is 2.46. The molecule has 1 atom stereocenters. The lowest BCUT2D eigenvalue weighted by atomic mass is 10.2. The Morgan fingerprint density at radius 3 is 2.62 bits per heavy atom. The molecule has 1 unspecified atom stereocenters. The van der Waals surface area contributed by atoms with Crippen LogP contribution in [-0.4, -0.2) is 55.5 Å². The normalized spacial score (nSPS) is 12.7. The summed E-state index contributed by atoms with van der Waals surface area (Å²) in [5.74, 6) is 0.691. The lowest BCUT2D eigenvalue weighted by Crippen LogP contribution is -2.42. The van der Waals surface area contributed by atoms with Gasteiger partial charge in [-0.2, -0.15) is 0 Å². The third-order valence-corrected chi connectivity index (χ3v) is 5.29. The number of aliphatic imine (C=N–C) groups is 1. The number of hydrogen-bond acceptors (Lipinski definition) is 3. The average Bonchev–Trinajstić information content (AvgIpc) is 2.69. The molecule has 1 rings (SSSR count). The highest BCUT2D eigenvalue weighted by molar-refractivity contribution is 6.31. The summed E-state index contributed by atoms with van der Waals surface area (Å²) in [6, 6.07) is 5.83. The van der Waals surface area contributed by atoms with Gasteiger partial charge in [0.1, 0.15) is 0 Å². The topological polar surface area (TPSA) is 68.8 Å². The maximum Gasteiger partial charge on any atom is 0.226 e. The van der Waals surface area contributed by atoms with E-state index in [-0.39, 0.29) is 5.91 Å². The van der Waals surface area contributed by atoms with Gasteiger partial charge in [0.25, 0.3) is 0 Å². The van der Waals surface area contributed by atoms with Crippen molar-refractivity contribution in [3.63, 3.8) is 0 Å². The minimum Gasteiger partial charge on any atom is -0.357 e. The van der Waals surface area contributed by atoms with Gasteiger partial charge < -0.3 is 20.9 Å². The number of guanidine groups is 1. The maximum absolute atomic E-state index is 12.2. The molecule has 29 heavy (non-hydrogen) atoms. The Morgan fingerprint density at radius 2 is 1.97 bits per heavy atom. The molecule has 6 nitrogen and oxygen atoms in total. The van der Waals surface area contributed by atoms with Gasteiger partial charge >= 0.3 is 0 Å². The van der Waals surface area contributed by atoms with Gasteiger partial charge in [-0.1, -0.05) is 31.5 Å². The number of anilines is 1. The van der Waals surface area contributed by atoms with E-state index in [1.165, 1.54) is 0 Å². The van der Waals surface area contributed by atoms with Crippen molar-refractivity contribution in [3.05, 3.63) is 28.8 Å².